The fraction of sp³-hybridized carbons (Fsp3) is 0.811. The highest BCUT2D eigenvalue weighted by molar-refractivity contribution is 5.89. The zero-order valence-corrected chi connectivity index (χ0v) is 33.2. The molecule has 0 bridgehead atoms. The van der Waals surface area contributed by atoms with Crippen molar-refractivity contribution >= 4 is 5.97 Å². The Morgan fingerprint density at radius 1 is 0.333 bits per heavy atom. The smallest absolute Gasteiger partial charge is 0.335 e. The Morgan fingerprint density at radius 2 is 0.544 bits per heavy atom. The molecular formula is C37H66O20. The van der Waals surface area contributed by atoms with Gasteiger partial charge in [-0.05, 0) is 12.1 Å². The van der Waals surface area contributed by atoms with E-state index in [0.29, 0.717) is 119 Å². The van der Waals surface area contributed by atoms with Crippen LogP contribution in [-0.2, 0) is 56.8 Å². The summed E-state index contributed by atoms with van der Waals surface area (Å²) in [4.78, 5) is 12.0. The number of rotatable bonds is 46. The van der Waals surface area contributed by atoms with Crippen LogP contribution in [0.2, 0.25) is 0 Å². The maximum atomic E-state index is 12.0. The third-order valence-electron chi connectivity index (χ3n) is 6.77. The van der Waals surface area contributed by atoms with Crippen LogP contribution in [0.25, 0.3) is 0 Å². The third kappa shape index (κ3) is 33.1. The van der Waals surface area contributed by atoms with Crippen molar-refractivity contribution in [2.24, 2.45) is 0 Å². The third-order valence-corrected chi connectivity index (χ3v) is 6.77. The van der Waals surface area contributed by atoms with E-state index >= 15 is 0 Å². The van der Waals surface area contributed by atoms with E-state index in [9.17, 15) is 9.90 Å². The lowest BCUT2D eigenvalue weighted by Gasteiger charge is -2.18. The van der Waals surface area contributed by atoms with E-state index in [1.54, 1.807) is 0 Å². The highest BCUT2D eigenvalue weighted by Gasteiger charge is 2.19. The quantitative estimate of drug-likeness (QED) is 0.0617. The molecule has 0 fully saturated rings. The number of hydrogen-bond acceptors (Lipinski definition) is 19. The van der Waals surface area contributed by atoms with Gasteiger partial charge in [-0.3, -0.25) is 0 Å². The Balaban J connectivity index is 2.52. The standard InChI is InChI=1S/C37H66O20/c38-1-4-43-7-10-46-13-16-49-19-22-52-25-28-55-34-31-33(37(41)42)32-35(56-29-26-53-23-20-50-17-14-47-11-8-44-5-2-39)36(34)57-30-27-54-24-21-51-18-15-48-12-9-45-6-3-40/h31-32,38-40H,1-30H2,(H,41,42). The lowest BCUT2D eigenvalue weighted by molar-refractivity contribution is -0.00897. The minimum absolute atomic E-state index is 0.0252. The van der Waals surface area contributed by atoms with Crippen molar-refractivity contribution in [3.63, 3.8) is 0 Å². The number of carboxylic acids is 1. The van der Waals surface area contributed by atoms with Crippen LogP contribution in [-0.4, -0.2) is 225 Å². The van der Waals surface area contributed by atoms with Crippen LogP contribution in [0.3, 0.4) is 0 Å². The molecule has 0 radical (unpaired) electrons. The van der Waals surface area contributed by atoms with Gasteiger partial charge in [0.2, 0.25) is 5.75 Å². The van der Waals surface area contributed by atoms with Gasteiger partial charge in [0.25, 0.3) is 0 Å². The summed E-state index contributed by atoms with van der Waals surface area (Å²) in [6.45, 7) is 8.44. The summed E-state index contributed by atoms with van der Waals surface area (Å²) < 4.78 is 82.6. The molecule has 0 aromatic heterocycles. The molecule has 1 rings (SSSR count). The number of aliphatic hydroxyl groups excluding tert-OH is 3. The zero-order chi connectivity index (χ0) is 41.1. The monoisotopic (exact) mass is 830 g/mol. The molecule has 0 saturated heterocycles. The van der Waals surface area contributed by atoms with Crippen LogP contribution in [0.5, 0.6) is 17.2 Å². The molecule has 0 amide bonds. The predicted octanol–water partition coefficient (Wildman–Crippen LogP) is -0.303. The molecule has 0 aliphatic heterocycles. The highest BCUT2D eigenvalue weighted by atomic mass is 16.6. The van der Waals surface area contributed by atoms with E-state index in [-0.39, 0.29) is 102 Å². The molecule has 20 heteroatoms. The molecule has 0 aliphatic carbocycles. The van der Waals surface area contributed by atoms with Gasteiger partial charge in [0.15, 0.2) is 11.5 Å². The molecule has 0 atom stereocenters. The first-order chi connectivity index (χ1) is 28.1. The van der Waals surface area contributed by atoms with Crippen molar-refractivity contribution in [3.05, 3.63) is 17.7 Å². The molecule has 1 aromatic carbocycles. The Kier molecular flexibility index (Phi) is 38.4. The van der Waals surface area contributed by atoms with Crippen molar-refractivity contribution in [1.82, 2.24) is 0 Å². The number of aliphatic hydroxyl groups is 3. The van der Waals surface area contributed by atoms with E-state index < -0.39 is 5.97 Å². The first kappa shape index (κ1) is 52.5. The number of carboxylic acid groups (broad SMARTS) is 1. The van der Waals surface area contributed by atoms with Gasteiger partial charge in [-0.1, -0.05) is 0 Å². The Morgan fingerprint density at radius 3 is 0.772 bits per heavy atom. The van der Waals surface area contributed by atoms with Gasteiger partial charge in [-0.15, -0.1) is 0 Å². The second-order valence-electron chi connectivity index (χ2n) is 11.2. The molecule has 334 valence electrons. The second kappa shape index (κ2) is 41.6. The van der Waals surface area contributed by atoms with Crippen LogP contribution < -0.4 is 14.2 Å². The summed E-state index contributed by atoms with van der Waals surface area (Å²) in [6, 6.07) is 2.72. The molecular weight excluding hydrogens is 764 g/mol. The molecule has 4 N–H and O–H groups in total. The normalized spacial score (nSPS) is 11.4. The lowest BCUT2D eigenvalue weighted by Crippen LogP contribution is -2.16. The van der Waals surface area contributed by atoms with E-state index in [0.717, 1.165) is 0 Å². The van der Waals surface area contributed by atoms with Crippen LogP contribution in [0.4, 0.5) is 0 Å². The minimum Gasteiger partial charge on any atom is -0.487 e. The first-order valence-electron chi connectivity index (χ1n) is 19.2. The number of benzene rings is 1. The van der Waals surface area contributed by atoms with Crippen LogP contribution >= 0.6 is 0 Å². The van der Waals surface area contributed by atoms with Gasteiger partial charge in [0, 0.05) is 0 Å². The lowest BCUT2D eigenvalue weighted by atomic mass is 10.2. The zero-order valence-electron chi connectivity index (χ0n) is 33.2. The van der Waals surface area contributed by atoms with E-state index in [1.807, 2.05) is 0 Å². The largest absolute Gasteiger partial charge is 0.487 e. The van der Waals surface area contributed by atoms with Gasteiger partial charge in [0.05, 0.1) is 184 Å². The molecule has 1 aromatic rings. The summed E-state index contributed by atoms with van der Waals surface area (Å²) in [6.07, 6.45) is 0. The summed E-state index contributed by atoms with van der Waals surface area (Å²) >= 11 is 0. The molecule has 57 heavy (non-hydrogen) atoms. The Hall–Kier alpha value is -2.51. The van der Waals surface area contributed by atoms with Crippen molar-refractivity contribution < 1.29 is 96.3 Å². The maximum Gasteiger partial charge on any atom is 0.335 e. The number of carbonyl (C=O) groups is 1. The van der Waals surface area contributed by atoms with Crippen LogP contribution in [0.15, 0.2) is 12.1 Å². The van der Waals surface area contributed by atoms with E-state index in [4.69, 9.17) is 86.4 Å². The predicted molar refractivity (Wildman–Crippen MR) is 201 cm³/mol. The molecule has 0 unspecified atom stereocenters. The minimum atomic E-state index is -1.18. The van der Waals surface area contributed by atoms with Gasteiger partial charge in [0.1, 0.15) is 19.8 Å². The molecule has 20 nitrogen and oxygen atoms in total. The fourth-order valence-electron chi connectivity index (χ4n) is 4.16. The summed E-state index contributed by atoms with van der Waals surface area (Å²) in [5.74, 6) is -0.654. The van der Waals surface area contributed by atoms with Crippen molar-refractivity contribution in [2.45, 2.75) is 0 Å². The second-order valence-corrected chi connectivity index (χ2v) is 11.2. The van der Waals surface area contributed by atoms with Crippen molar-refractivity contribution in [1.29, 1.82) is 0 Å². The molecule has 0 aliphatic rings. The average molecular weight is 831 g/mol. The van der Waals surface area contributed by atoms with Crippen molar-refractivity contribution in [3.8, 4) is 17.2 Å². The van der Waals surface area contributed by atoms with Gasteiger partial charge in [-0.25, -0.2) is 4.79 Å². The highest BCUT2D eigenvalue weighted by Crippen LogP contribution is 2.39. The number of ether oxygens (including phenoxy) is 15. The Labute approximate surface area is 335 Å². The average Bonchev–Trinajstić information content (AvgIpc) is 3.21. The number of aromatic carboxylic acids is 1. The SMILES string of the molecule is O=C(O)c1cc(OCCOCCOCCOCCOCCO)c(OCCOCCOCCOCCOCCO)c(OCCOCCOCCOCCOCCO)c1. The number of hydrogen-bond donors (Lipinski definition) is 4. The van der Waals surface area contributed by atoms with E-state index in [2.05, 4.69) is 0 Å². The fourth-order valence-corrected chi connectivity index (χ4v) is 4.16. The van der Waals surface area contributed by atoms with Crippen molar-refractivity contribution in [2.75, 3.05) is 198 Å². The van der Waals surface area contributed by atoms with Crippen LogP contribution in [0.1, 0.15) is 10.4 Å². The molecule has 0 heterocycles. The Bertz CT molecular complexity index is 969. The topological polar surface area (TPSA) is 236 Å². The maximum absolute atomic E-state index is 12.0. The molecule has 0 saturated carbocycles. The first-order valence-corrected chi connectivity index (χ1v) is 19.2. The summed E-state index contributed by atoms with van der Waals surface area (Å²) in [7, 11) is 0. The molecule has 0 spiro atoms. The summed E-state index contributed by atoms with van der Waals surface area (Å²) in [5.41, 5.74) is -0.0598. The van der Waals surface area contributed by atoms with Gasteiger partial charge >= 0.3 is 5.97 Å². The summed E-state index contributed by atoms with van der Waals surface area (Å²) in [5, 5.41) is 35.8. The van der Waals surface area contributed by atoms with E-state index in [1.165, 1.54) is 12.1 Å². The van der Waals surface area contributed by atoms with Crippen LogP contribution in [0, 0.1) is 0 Å². The van der Waals surface area contributed by atoms with Gasteiger partial charge in [-0.2, -0.15) is 0 Å². The van der Waals surface area contributed by atoms with Gasteiger partial charge < -0.3 is 91.5 Å².